The summed E-state index contributed by atoms with van der Waals surface area (Å²) in [7, 11) is 0. The van der Waals surface area contributed by atoms with Crippen molar-refractivity contribution in [3.05, 3.63) is 29.3 Å². The van der Waals surface area contributed by atoms with E-state index in [0.29, 0.717) is 11.9 Å². The van der Waals surface area contributed by atoms with Gasteiger partial charge in [-0.25, -0.2) is 0 Å². The van der Waals surface area contributed by atoms with Gasteiger partial charge in [0.05, 0.1) is 5.92 Å². The van der Waals surface area contributed by atoms with Gasteiger partial charge in [-0.05, 0) is 51.2 Å². The van der Waals surface area contributed by atoms with Gasteiger partial charge in [0.2, 0.25) is 5.91 Å². The van der Waals surface area contributed by atoms with Crippen LogP contribution < -0.4 is 10.2 Å². The molecule has 1 amide bonds. The van der Waals surface area contributed by atoms with Crippen molar-refractivity contribution in [2.24, 2.45) is 5.92 Å². The zero-order chi connectivity index (χ0) is 14.1. The number of benzene rings is 1. The predicted octanol–water partition coefficient (Wildman–Crippen LogP) is 2.66. The normalized spacial score (nSPS) is 26.2. The molecule has 2 aliphatic rings. The summed E-state index contributed by atoms with van der Waals surface area (Å²) in [6.07, 6.45) is 4.30. The number of rotatable bonds is 1. The average Bonchev–Trinajstić information content (AvgIpc) is 2.46. The van der Waals surface area contributed by atoms with E-state index in [0.717, 1.165) is 44.5 Å². The monoisotopic (exact) mass is 272 g/mol. The zero-order valence-corrected chi connectivity index (χ0v) is 12.5. The van der Waals surface area contributed by atoms with Crippen molar-refractivity contribution in [3.63, 3.8) is 0 Å². The maximum atomic E-state index is 12.8. The first kappa shape index (κ1) is 13.6. The fourth-order valence-corrected chi connectivity index (χ4v) is 3.38. The molecule has 1 N–H and O–H groups in total. The smallest absolute Gasteiger partial charge is 0.231 e. The minimum atomic E-state index is 0.151. The third-order valence-corrected chi connectivity index (χ3v) is 4.63. The molecule has 2 unspecified atom stereocenters. The Hall–Kier alpha value is -1.35. The van der Waals surface area contributed by atoms with E-state index in [9.17, 15) is 4.79 Å². The third-order valence-electron chi connectivity index (χ3n) is 4.63. The second-order valence-electron chi connectivity index (χ2n) is 6.31. The molecular weight excluding hydrogens is 248 g/mol. The van der Waals surface area contributed by atoms with Crippen molar-refractivity contribution in [2.75, 3.05) is 18.0 Å². The fourth-order valence-electron chi connectivity index (χ4n) is 3.38. The molecule has 0 aliphatic carbocycles. The van der Waals surface area contributed by atoms with Gasteiger partial charge in [-0.2, -0.15) is 0 Å². The number of carbonyl (C=O) groups excluding carboxylic acids is 1. The topological polar surface area (TPSA) is 32.3 Å². The number of hydrogen-bond acceptors (Lipinski definition) is 2. The number of amides is 1. The molecule has 3 nitrogen and oxygen atoms in total. The van der Waals surface area contributed by atoms with Crippen LogP contribution in [0.25, 0.3) is 0 Å². The highest BCUT2D eigenvalue weighted by Crippen LogP contribution is 2.30. The molecule has 2 heterocycles. The summed E-state index contributed by atoms with van der Waals surface area (Å²) in [5.74, 6) is 0.465. The molecule has 0 saturated carbocycles. The molecule has 0 aromatic heterocycles. The largest absolute Gasteiger partial charge is 0.313 e. The third kappa shape index (κ3) is 2.59. The number of nitrogens with zero attached hydrogens (tertiary/aromatic N) is 1. The average molecular weight is 272 g/mol. The number of hydrogen-bond donors (Lipinski definition) is 1. The van der Waals surface area contributed by atoms with Crippen molar-refractivity contribution in [2.45, 2.75) is 45.6 Å². The Kier molecular flexibility index (Phi) is 3.79. The molecule has 0 spiro atoms. The Morgan fingerprint density at radius 1 is 1.35 bits per heavy atom. The molecule has 20 heavy (non-hydrogen) atoms. The quantitative estimate of drug-likeness (QED) is 0.852. The highest BCUT2D eigenvalue weighted by molar-refractivity contribution is 5.96. The van der Waals surface area contributed by atoms with E-state index in [1.807, 2.05) is 4.90 Å². The van der Waals surface area contributed by atoms with Gasteiger partial charge in [0.1, 0.15) is 0 Å². The van der Waals surface area contributed by atoms with Crippen LogP contribution in [0.2, 0.25) is 0 Å². The van der Waals surface area contributed by atoms with Crippen LogP contribution in [0.3, 0.4) is 0 Å². The number of carbonyl (C=O) groups is 1. The van der Waals surface area contributed by atoms with E-state index in [1.165, 1.54) is 11.1 Å². The van der Waals surface area contributed by atoms with Crippen molar-refractivity contribution < 1.29 is 4.79 Å². The second kappa shape index (κ2) is 5.57. The first-order chi connectivity index (χ1) is 9.65. The lowest BCUT2D eigenvalue weighted by Gasteiger charge is -2.35. The van der Waals surface area contributed by atoms with Crippen LogP contribution in [-0.4, -0.2) is 25.0 Å². The molecule has 0 radical (unpaired) electrons. The van der Waals surface area contributed by atoms with Crippen LogP contribution in [0.5, 0.6) is 0 Å². The molecule has 1 aromatic carbocycles. The molecule has 1 aromatic rings. The lowest BCUT2D eigenvalue weighted by Crippen LogP contribution is -2.47. The van der Waals surface area contributed by atoms with Crippen LogP contribution in [0.4, 0.5) is 5.69 Å². The Balaban J connectivity index is 1.80. The van der Waals surface area contributed by atoms with Gasteiger partial charge >= 0.3 is 0 Å². The van der Waals surface area contributed by atoms with Gasteiger partial charge in [0.25, 0.3) is 0 Å². The first-order valence-corrected chi connectivity index (χ1v) is 7.79. The van der Waals surface area contributed by atoms with Gasteiger partial charge in [-0.15, -0.1) is 0 Å². The Labute approximate surface area is 121 Å². The lowest BCUT2D eigenvalue weighted by atomic mass is 9.92. The molecule has 1 fully saturated rings. The van der Waals surface area contributed by atoms with E-state index < -0.39 is 0 Å². The van der Waals surface area contributed by atoms with Gasteiger partial charge in [0, 0.05) is 24.8 Å². The summed E-state index contributed by atoms with van der Waals surface area (Å²) in [6, 6.07) is 7.03. The minimum Gasteiger partial charge on any atom is -0.313 e. The number of nitrogens with one attached hydrogen (secondary N) is 1. The maximum Gasteiger partial charge on any atom is 0.231 e. The molecular formula is C17H24N2O. The van der Waals surface area contributed by atoms with E-state index in [1.54, 1.807) is 0 Å². The van der Waals surface area contributed by atoms with E-state index in [2.05, 4.69) is 37.4 Å². The minimum absolute atomic E-state index is 0.151. The van der Waals surface area contributed by atoms with Crippen molar-refractivity contribution in [1.82, 2.24) is 5.32 Å². The van der Waals surface area contributed by atoms with Crippen LogP contribution >= 0.6 is 0 Å². The number of piperidine rings is 1. The van der Waals surface area contributed by atoms with Crippen LogP contribution in [0.15, 0.2) is 18.2 Å². The first-order valence-electron chi connectivity index (χ1n) is 7.79. The van der Waals surface area contributed by atoms with E-state index >= 15 is 0 Å². The summed E-state index contributed by atoms with van der Waals surface area (Å²) in [5, 5.41) is 3.44. The summed E-state index contributed by atoms with van der Waals surface area (Å²) in [4.78, 5) is 14.8. The number of anilines is 1. The van der Waals surface area contributed by atoms with Gasteiger partial charge < -0.3 is 10.2 Å². The van der Waals surface area contributed by atoms with E-state index in [-0.39, 0.29) is 5.92 Å². The summed E-state index contributed by atoms with van der Waals surface area (Å²) < 4.78 is 0. The SMILES string of the molecule is Cc1ccc2c(c1)CCCN2C(=O)C1CCC(C)NC1. The highest BCUT2D eigenvalue weighted by atomic mass is 16.2. The van der Waals surface area contributed by atoms with Crippen LogP contribution in [0, 0.1) is 12.8 Å². The molecule has 3 rings (SSSR count). The van der Waals surface area contributed by atoms with Gasteiger partial charge in [-0.1, -0.05) is 17.7 Å². The standard InChI is InChI=1S/C17H24N2O/c1-12-5-8-16-14(10-12)4-3-9-19(16)17(20)15-7-6-13(2)18-11-15/h5,8,10,13,15,18H,3-4,6-7,9,11H2,1-2H3. The van der Waals surface area contributed by atoms with Gasteiger partial charge in [-0.3, -0.25) is 4.79 Å². The van der Waals surface area contributed by atoms with Crippen molar-refractivity contribution in [1.29, 1.82) is 0 Å². The molecule has 3 heteroatoms. The van der Waals surface area contributed by atoms with E-state index in [4.69, 9.17) is 0 Å². The van der Waals surface area contributed by atoms with Crippen LogP contribution in [0.1, 0.15) is 37.3 Å². The fraction of sp³-hybridized carbons (Fsp3) is 0.588. The zero-order valence-electron chi connectivity index (χ0n) is 12.5. The molecule has 108 valence electrons. The van der Waals surface area contributed by atoms with Crippen molar-refractivity contribution in [3.8, 4) is 0 Å². The van der Waals surface area contributed by atoms with Crippen molar-refractivity contribution >= 4 is 11.6 Å². The summed E-state index contributed by atoms with van der Waals surface area (Å²) in [6.45, 7) is 6.02. The summed E-state index contributed by atoms with van der Waals surface area (Å²) in [5.41, 5.74) is 3.76. The Morgan fingerprint density at radius 2 is 2.20 bits per heavy atom. The van der Waals surface area contributed by atoms with Gasteiger partial charge in [0.15, 0.2) is 0 Å². The maximum absolute atomic E-state index is 12.8. The lowest BCUT2D eigenvalue weighted by molar-refractivity contribution is -0.123. The highest BCUT2D eigenvalue weighted by Gasteiger charge is 2.30. The Bertz CT molecular complexity index is 504. The molecule has 0 bridgehead atoms. The van der Waals surface area contributed by atoms with Crippen LogP contribution in [-0.2, 0) is 11.2 Å². The predicted molar refractivity (Wildman–Crippen MR) is 82.0 cm³/mol. The number of aryl methyl sites for hydroxylation is 2. The summed E-state index contributed by atoms with van der Waals surface area (Å²) >= 11 is 0. The second-order valence-corrected chi connectivity index (χ2v) is 6.31. The Morgan fingerprint density at radius 3 is 2.95 bits per heavy atom. The molecule has 2 atom stereocenters. The molecule has 1 saturated heterocycles. The number of fused-ring (bicyclic) bond motifs is 1. The molecule has 2 aliphatic heterocycles.